The molecular weight excluding hydrogens is 350 g/mol. The van der Waals surface area contributed by atoms with Gasteiger partial charge in [0.1, 0.15) is 0 Å². The monoisotopic (exact) mass is 375 g/mol. The summed E-state index contributed by atoms with van der Waals surface area (Å²) in [4.78, 5) is 0.00949. The van der Waals surface area contributed by atoms with E-state index in [0.29, 0.717) is 32.7 Å². The van der Waals surface area contributed by atoms with Crippen LogP contribution in [0.4, 0.5) is 0 Å². The molecule has 1 fully saturated rings. The summed E-state index contributed by atoms with van der Waals surface area (Å²) in [6, 6.07) is 5.59. The molecule has 1 aliphatic rings. The Balaban J connectivity index is 2.37. The Bertz CT molecular complexity index is 774. The van der Waals surface area contributed by atoms with Gasteiger partial charge in [0.2, 0.25) is 20.0 Å². The maximum atomic E-state index is 12.8. The third-order valence-corrected chi connectivity index (χ3v) is 8.28. The Morgan fingerprint density at radius 2 is 1.79 bits per heavy atom. The Hall–Kier alpha value is -1.00. The molecule has 7 nitrogen and oxygen atoms in total. The molecule has 0 spiro atoms. The van der Waals surface area contributed by atoms with E-state index in [1.54, 1.807) is 13.8 Å². The molecule has 9 heteroatoms. The van der Waals surface area contributed by atoms with Crippen LogP contribution in [0.3, 0.4) is 0 Å². The molecule has 0 aliphatic carbocycles. The summed E-state index contributed by atoms with van der Waals surface area (Å²) in [6.45, 7) is 5.41. The molecule has 0 aromatic heterocycles. The summed E-state index contributed by atoms with van der Waals surface area (Å²) < 4.78 is 53.4. The summed E-state index contributed by atoms with van der Waals surface area (Å²) >= 11 is 0. The van der Waals surface area contributed by atoms with Crippen molar-refractivity contribution in [3.05, 3.63) is 24.3 Å². The first-order chi connectivity index (χ1) is 11.3. The summed E-state index contributed by atoms with van der Waals surface area (Å²) in [5, 5.41) is 0. The van der Waals surface area contributed by atoms with Crippen molar-refractivity contribution < 1.29 is 16.8 Å². The molecule has 1 aromatic rings. The number of hydrogen-bond acceptors (Lipinski definition) is 5. The molecule has 0 bridgehead atoms. The maximum absolute atomic E-state index is 12.8. The zero-order valence-corrected chi connectivity index (χ0v) is 15.7. The Kier molecular flexibility index (Phi) is 6.03. The highest BCUT2D eigenvalue weighted by Crippen LogP contribution is 2.26. The van der Waals surface area contributed by atoms with Crippen LogP contribution in [-0.4, -0.2) is 58.2 Å². The van der Waals surface area contributed by atoms with Gasteiger partial charge in [0.15, 0.2) is 0 Å². The van der Waals surface area contributed by atoms with Crippen LogP contribution in [0, 0.1) is 5.92 Å². The Morgan fingerprint density at radius 1 is 1.17 bits per heavy atom. The molecule has 2 N–H and O–H groups in total. The molecule has 0 saturated carbocycles. The van der Waals surface area contributed by atoms with Gasteiger partial charge < -0.3 is 5.73 Å². The molecule has 1 saturated heterocycles. The molecule has 0 radical (unpaired) electrons. The smallest absolute Gasteiger partial charge is 0.243 e. The minimum absolute atomic E-state index is 0.00171. The van der Waals surface area contributed by atoms with Gasteiger partial charge in [0.25, 0.3) is 0 Å². The topological polar surface area (TPSA) is 101 Å². The molecule has 1 unspecified atom stereocenters. The second-order valence-corrected chi connectivity index (χ2v) is 9.69. The van der Waals surface area contributed by atoms with Crippen molar-refractivity contribution in [1.82, 2.24) is 8.61 Å². The van der Waals surface area contributed by atoms with Gasteiger partial charge in [-0.25, -0.2) is 16.8 Å². The second-order valence-electron chi connectivity index (χ2n) is 5.82. The summed E-state index contributed by atoms with van der Waals surface area (Å²) in [7, 11) is -7.40. The van der Waals surface area contributed by atoms with E-state index in [9.17, 15) is 16.8 Å². The highest BCUT2D eigenvalue weighted by Gasteiger charge is 2.33. The number of hydrogen-bond donors (Lipinski definition) is 1. The fraction of sp³-hybridized carbons (Fsp3) is 0.600. The van der Waals surface area contributed by atoms with Crippen LogP contribution in [0.1, 0.15) is 20.3 Å². The summed E-state index contributed by atoms with van der Waals surface area (Å²) in [5.74, 6) is 0.155. The molecule has 1 aromatic carbocycles. The predicted molar refractivity (Wildman–Crippen MR) is 92.5 cm³/mol. The molecule has 136 valence electrons. The highest BCUT2D eigenvalue weighted by atomic mass is 32.2. The van der Waals surface area contributed by atoms with Crippen molar-refractivity contribution in [1.29, 1.82) is 0 Å². The van der Waals surface area contributed by atoms with Crippen LogP contribution in [-0.2, 0) is 20.0 Å². The van der Waals surface area contributed by atoms with Crippen molar-refractivity contribution in [3.63, 3.8) is 0 Å². The van der Waals surface area contributed by atoms with Crippen LogP contribution >= 0.6 is 0 Å². The van der Waals surface area contributed by atoms with E-state index in [1.165, 1.54) is 32.9 Å². The van der Waals surface area contributed by atoms with E-state index >= 15 is 0 Å². The van der Waals surface area contributed by atoms with Crippen LogP contribution in [0.25, 0.3) is 0 Å². The van der Waals surface area contributed by atoms with E-state index in [1.807, 2.05) is 0 Å². The van der Waals surface area contributed by atoms with Crippen LogP contribution in [0.5, 0.6) is 0 Å². The van der Waals surface area contributed by atoms with Gasteiger partial charge in [0, 0.05) is 26.2 Å². The standard InChI is InChI=1S/C15H25N3O4S2/c1-3-17(4-2)23(19,20)14-6-5-7-15(10-14)24(21,22)18-9-8-13(11-16)12-18/h5-7,10,13H,3-4,8-9,11-12,16H2,1-2H3. The van der Waals surface area contributed by atoms with Gasteiger partial charge in [-0.1, -0.05) is 19.9 Å². The highest BCUT2D eigenvalue weighted by molar-refractivity contribution is 7.90. The Morgan fingerprint density at radius 3 is 2.33 bits per heavy atom. The molecule has 1 atom stereocenters. The van der Waals surface area contributed by atoms with Crippen molar-refractivity contribution in [2.75, 3.05) is 32.7 Å². The SMILES string of the molecule is CCN(CC)S(=O)(=O)c1cccc(S(=O)(=O)N2CCC(CN)C2)c1. The minimum atomic E-state index is -3.71. The first-order valence-corrected chi connectivity index (χ1v) is 11.0. The van der Waals surface area contributed by atoms with E-state index < -0.39 is 20.0 Å². The third kappa shape index (κ3) is 3.65. The zero-order valence-electron chi connectivity index (χ0n) is 14.1. The van der Waals surface area contributed by atoms with E-state index in [0.717, 1.165) is 6.42 Å². The van der Waals surface area contributed by atoms with Crippen molar-refractivity contribution >= 4 is 20.0 Å². The lowest BCUT2D eigenvalue weighted by Gasteiger charge is -2.20. The fourth-order valence-electron chi connectivity index (χ4n) is 2.86. The van der Waals surface area contributed by atoms with Crippen molar-refractivity contribution in [2.24, 2.45) is 11.7 Å². The lowest BCUT2D eigenvalue weighted by molar-refractivity contribution is 0.445. The molecule has 2 rings (SSSR count). The minimum Gasteiger partial charge on any atom is -0.330 e. The second kappa shape index (κ2) is 7.49. The largest absolute Gasteiger partial charge is 0.330 e. The van der Waals surface area contributed by atoms with Gasteiger partial charge in [-0.2, -0.15) is 8.61 Å². The van der Waals surface area contributed by atoms with E-state index in [-0.39, 0.29) is 15.7 Å². The predicted octanol–water partition coefficient (Wildman–Crippen LogP) is 0.686. The zero-order chi connectivity index (χ0) is 18.0. The maximum Gasteiger partial charge on any atom is 0.243 e. The average molecular weight is 376 g/mol. The normalized spacial score (nSPS) is 19.9. The van der Waals surface area contributed by atoms with Crippen LogP contribution in [0.2, 0.25) is 0 Å². The summed E-state index contributed by atoms with van der Waals surface area (Å²) in [6.07, 6.45) is 0.729. The third-order valence-electron chi connectivity index (χ3n) is 4.37. The Labute approximate surface area is 144 Å². The van der Waals surface area contributed by atoms with E-state index in [4.69, 9.17) is 5.73 Å². The molecular formula is C15H25N3O4S2. The number of nitrogens with two attached hydrogens (primary N) is 1. The fourth-order valence-corrected chi connectivity index (χ4v) is 6.02. The number of benzene rings is 1. The van der Waals surface area contributed by atoms with E-state index in [2.05, 4.69) is 0 Å². The van der Waals surface area contributed by atoms with Gasteiger partial charge in [-0.05, 0) is 37.1 Å². The number of rotatable bonds is 7. The average Bonchev–Trinajstić information content (AvgIpc) is 3.06. The first-order valence-electron chi connectivity index (χ1n) is 8.07. The quantitative estimate of drug-likeness (QED) is 0.755. The molecule has 0 amide bonds. The number of nitrogens with zero attached hydrogens (tertiary/aromatic N) is 2. The van der Waals surface area contributed by atoms with Crippen LogP contribution < -0.4 is 5.73 Å². The van der Waals surface area contributed by atoms with Gasteiger partial charge in [-0.3, -0.25) is 0 Å². The van der Waals surface area contributed by atoms with Crippen LogP contribution in [0.15, 0.2) is 34.1 Å². The molecule has 24 heavy (non-hydrogen) atoms. The summed E-state index contributed by atoms with van der Waals surface area (Å²) in [5.41, 5.74) is 5.62. The lowest BCUT2D eigenvalue weighted by atomic mass is 10.1. The van der Waals surface area contributed by atoms with Crippen molar-refractivity contribution in [3.8, 4) is 0 Å². The lowest BCUT2D eigenvalue weighted by Crippen LogP contribution is -2.32. The van der Waals surface area contributed by atoms with Gasteiger partial charge in [0.05, 0.1) is 9.79 Å². The molecule has 1 aliphatic heterocycles. The van der Waals surface area contributed by atoms with Crippen molar-refractivity contribution in [2.45, 2.75) is 30.1 Å². The number of sulfonamides is 2. The molecule has 1 heterocycles. The van der Waals surface area contributed by atoms with Gasteiger partial charge in [-0.15, -0.1) is 0 Å². The van der Waals surface area contributed by atoms with Gasteiger partial charge >= 0.3 is 0 Å². The first kappa shape index (κ1) is 19.3.